The van der Waals surface area contributed by atoms with Gasteiger partial charge in [0.05, 0.1) is 15.4 Å². The van der Waals surface area contributed by atoms with E-state index in [2.05, 4.69) is 5.32 Å². The second kappa shape index (κ2) is 5.80. The molecular formula is C13H20N2OS2. The van der Waals surface area contributed by atoms with Gasteiger partial charge in [0.1, 0.15) is 0 Å². The molecule has 18 heavy (non-hydrogen) atoms. The van der Waals surface area contributed by atoms with Crippen LogP contribution >= 0.6 is 23.6 Å². The summed E-state index contributed by atoms with van der Waals surface area (Å²) in [5.41, 5.74) is 6.34. The summed E-state index contributed by atoms with van der Waals surface area (Å²) in [7, 11) is 0. The molecule has 0 spiro atoms. The molecule has 1 heterocycles. The molecule has 3 N–H and O–H groups in total. The number of hydrogen-bond donors (Lipinski definition) is 2. The Morgan fingerprint density at radius 2 is 2.00 bits per heavy atom. The van der Waals surface area contributed by atoms with E-state index in [-0.39, 0.29) is 5.91 Å². The van der Waals surface area contributed by atoms with Crippen molar-refractivity contribution >= 4 is 34.5 Å². The Morgan fingerprint density at radius 1 is 1.44 bits per heavy atom. The molecule has 0 atom stereocenters. The normalized spacial score (nSPS) is 11.3. The van der Waals surface area contributed by atoms with Crippen LogP contribution < -0.4 is 11.1 Å². The summed E-state index contributed by atoms with van der Waals surface area (Å²) in [6.07, 6.45) is 1.40. The molecule has 0 unspecified atom stereocenters. The molecular weight excluding hydrogens is 264 g/mol. The first-order chi connectivity index (χ1) is 8.36. The number of hydrogen-bond acceptors (Lipinski definition) is 3. The average molecular weight is 284 g/mol. The van der Waals surface area contributed by atoms with Gasteiger partial charge in [-0.1, -0.05) is 26.1 Å². The quantitative estimate of drug-likeness (QED) is 0.817. The highest BCUT2D eigenvalue weighted by Gasteiger charge is 2.32. The molecule has 0 aliphatic heterocycles. The molecule has 1 amide bonds. The van der Waals surface area contributed by atoms with Gasteiger partial charge < -0.3 is 11.1 Å². The van der Waals surface area contributed by atoms with Crippen molar-refractivity contribution in [2.45, 2.75) is 46.1 Å². The van der Waals surface area contributed by atoms with Crippen LogP contribution in [0.1, 0.15) is 46.8 Å². The van der Waals surface area contributed by atoms with E-state index in [1.54, 1.807) is 0 Å². The topological polar surface area (TPSA) is 55.1 Å². The summed E-state index contributed by atoms with van der Waals surface area (Å²) in [6, 6.07) is 1.91. The van der Waals surface area contributed by atoms with Crippen molar-refractivity contribution in [2.75, 3.05) is 0 Å². The predicted octanol–water partition coefficient (Wildman–Crippen LogP) is 2.94. The molecule has 0 fully saturated rings. The molecule has 100 valence electrons. The van der Waals surface area contributed by atoms with Crippen LogP contribution in [0.15, 0.2) is 6.07 Å². The van der Waals surface area contributed by atoms with Crippen molar-refractivity contribution in [1.29, 1.82) is 0 Å². The molecule has 0 bridgehead atoms. The number of thiophene rings is 1. The highest BCUT2D eigenvalue weighted by Crippen LogP contribution is 2.23. The van der Waals surface area contributed by atoms with Crippen molar-refractivity contribution in [2.24, 2.45) is 5.73 Å². The fourth-order valence-corrected chi connectivity index (χ4v) is 3.07. The van der Waals surface area contributed by atoms with Crippen LogP contribution in [0.2, 0.25) is 0 Å². The number of carbonyl (C=O) groups excluding carboxylic acids is 1. The van der Waals surface area contributed by atoms with E-state index >= 15 is 0 Å². The van der Waals surface area contributed by atoms with E-state index in [4.69, 9.17) is 18.0 Å². The maximum absolute atomic E-state index is 12.2. The van der Waals surface area contributed by atoms with Crippen LogP contribution in [0.3, 0.4) is 0 Å². The molecule has 5 heteroatoms. The molecule has 0 aromatic carbocycles. The minimum absolute atomic E-state index is 0.0901. The Kier molecular flexibility index (Phi) is 4.87. The van der Waals surface area contributed by atoms with E-state index in [0.717, 1.165) is 10.4 Å². The third-order valence-electron chi connectivity index (χ3n) is 3.42. The number of aryl methyl sites for hydroxylation is 2. The molecule has 1 aromatic rings. The summed E-state index contributed by atoms with van der Waals surface area (Å²) in [5.74, 6) is -0.0901. The molecule has 0 aliphatic carbocycles. The van der Waals surface area contributed by atoms with Gasteiger partial charge in [-0.2, -0.15) is 0 Å². The Morgan fingerprint density at radius 3 is 2.33 bits per heavy atom. The fourth-order valence-electron chi connectivity index (χ4n) is 1.80. The molecule has 0 radical (unpaired) electrons. The minimum atomic E-state index is -0.571. The van der Waals surface area contributed by atoms with Gasteiger partial charge in [0, 0.05) is 4.88 Å². The third kappa shape index (κ3) is 2.90. The number of rotatable bonds is 5. The standard InChI is InChI=1S/C13H20N2OS2/c1-5-13(6-2,12(14)17)15-11(16)10-7-8(3)9(4)18-10/h7H,5-6H2,1-4H3,(H2,14,17)(H,15,16). The maximum Gasteiger partial charge on any atom is 0.262 e. The van der Waals surface area contributed by atoms with Gasteiger partial charge in [0.25, 0.3) is 5.91 Å². The highest BCUT2D eigenvalue weighted by molar-refractivity contribution is 7.80. The van der Waals surface area contributed by atoms with Crippen LogP contribution in [-0.2, 0) is 0 Å². The first-order valence-corrected chi connectivity index (χ1v) is 7.28. The van der Waals surface area contributed by atoms with Gasteiger partial charge in [0.15, 0.2) is 0 Å². The van der Waals surface area contributed by atoms with Crippen molar-refractivity contribution in [3.8, 4) is 0 Å². The molecule has 1 aromatic heterocycles. The van der Waals surface area contributed by atoms with Gasteiger partial charge in [-0.3, -0.25) is 4.79 Å². The van der Waals surface area contributed by atoms with Crippen LogP contribution in [0.5, 0.6) is 0 Å². The summed E-state index contributed by atoms with van der Waals surface area (Å²) in [4.78, 5) is 14.5. The predicted molar refractivity (Wildman–Crippen MR) is 81.4 cm³/mol. The fraction of sp³-hybridized carbons (Fsp3) is 0.538. The Labute approximate surface area is 118 Å². The van der Waals surface area contributed by atoms with E-state index in [9.17, 15) is 4.79 Å². The second-order valence-electron chi connectivity index (χ2n) is 4.46. The van der Waals surface area contributed by atoms with Crippen molar-refractivity contribution in [3.63, 3.8) is 0 Å². The zero-order valence-electron chi connectivity index (χ0n) is 11.3. The molecule has 0 saturated heterocycles. The molecule has 0 aliphatic rings. The molecule has 1 rings (SSSR count). The molecule has 0 saturated carbocycles. The Bertz CT molecular complexity index is 442. The number of carbonyl (C=O) groups is 1. The zero-order chi connectivity index (χ0) is 13.9. The first kappa shape index (κ1) is 15.1. The Hall–Kier alpha value is -0.940. The highest BCUT2D eigenvalue weighted by atomic mass is 32.1. The van der Waals surface area contributed by atoms with Crippen LogP contribution in [0, 0.1) is 13.8 Å². The van der Waals surface area contributed by atoms with E-state index in [1.807, 2.05) is 33.8 Å². The lowest BCUT2D eigenvalue weighted by Crippen LogP contribution is -2.55. The average Bonchev–Trinajstić information content (AvgIpc) is 2.66. The van der Waals surface area contributed by atoms with Crippen LogP contribution in [0.4, 0.5) is 0 Å². The second-order valence-corrected chi connectivity index (χ2v) is 6.15. The maximum atomic E-state index is 12.2. The van der Waals surface area contributed by atoms with Gasteiger partial charge in [-0.25, -0.2) is 0 Å². The number of amides is 1. The van der Waals surface area contributed by atoms with Crippen molar-refractivity contribution in [3.05, 3.63) is 21.4 Å². The number of nitrogens with two attached hydrogens (primary N) is 1. The lowest BCUT2D eigenvalue weighted by atomic mass is 9.92. The third-order valence-corrected chi connectivity index (χ3v) is 4.96. The number of thiocarbonyl (C=S) groups is 1. The summed E-state index contributed by atoms with van der Waals surface area (Å²) < 4.78 is 0. The van der Waals surface area contributed by atoms with Crippen molar-refractivity contribution in [1.82, 2.24) is 5.32 Å². The smallest absolute Gasteiger partial charge is 0.262 e. The Balaban J connectivity index is 2.95. The summed E-state index contributed by atoms with van der Waals surface area (Å²) >= 11 is 6.59. The van der Waals surface area contributed by atoms with E-state index in [0.29, 0.717) is 22.7 Å². The lowest BCUT2D eigenvalue weighted by molar-refractivity contribution is 0.0924. The lowest BCUT2D eigenvalue weighted by Gasteiger charge is -2.31. The minimum Gasteiger partial charge on any atom is -0.391 e. The summed E-state index contributed by atoms with van der Waals surface area (Å²) in [6.45, 7) is 7.97. The van der Waals surface area contributed by atoms with Gasteiger partial charge >= 0.3 is 0 Å². The van der Waals surface area contributed by atoms with Crippen LogP contribution in [-0.4, -0.2) is 16.4 Å². The van der Waals surface area contributed by atoms with Crippen molar-refractivity contribution < 1.29 is 4.79 Å². The van der Waals surface area contributed by atoms with Gasteiger partial charge in [-0.05, 0) is 38.3 Å². The zero-order valence-corrected chi connectivity index (χ0v) is 12.9. The largest absolute Gasteiger partial charge is 0.391 e. The van der Waals surface area contributed by atoms with E-state index in [1.165, 1.54) is 11.3 Å². The SMILES string of the molecule is CCC(CC)(NC(=O)c1cc(C)c(C)s1)C(N)=S. The number of nitrogens with one attached hydrogen (secondary N) is 1. The monoisotopic (exact) mass is 284 g/mol. The van der Waals surface area contributed by atoms with Crippen LogP contribution in [0.25, 0.3) is 0 Å². The van der Waals surface area contributed by atoms with E-state index < -0.39 is 5.54 Å². The van der Waals surface area contributed by atoms with Gasteiger partial charge in [0.2, 0.25) is 0 Å². The first-order valence-electron chi connectivity index (χ1n) is 6.05. The van der Waals surface area contributed by atoms with Gasteiger partial charge in [-0.15, -0.1) is 11.3 Å². The summed E-state index contributed by atoms with van der Waals surface area (Å²) in [5, 5.41) is 2.99. The molecule has 3 nitrogen and oxygen atoms in total.